The zero-order valence-electron chi connectivity index (χ0n) is 12.5. The van der Waals surface area contributed by atoms with Crippen molar-refractivity contribution in [3.63, 3.8) is 0 Å². The highest BCUT2D eigenvalue weighted by molar-refractivity contribution is 5.93. The summed E-state index contributed by atoms with van der Waals surface area (Å²) in [4.78, 5) is 17.4. The predicted octanol–water partition coefficient (Wildman–Crippen LogP) is 2.30. The average Bonchev–Trinajstić information content (AvgIpc) is 2.48. The fraction of sp³-hybridized carbons (Fsp3) is 0.250. The van der Waals surface area contributed by atoms with E-state index in [9.17, 15) is 4.79 Å². The zero-order valence-corrected chi connectivity index (χ0v) is 12.5. The minimum atomic E-state index is -0.0786. The van der Waals surface area contributed by atoms with Crippen LogP contribution in [-0.2, 0) is 6.54 Å². The molecule has 110 valence electrons. The van der Waals surface area contributed by atoms with Gasteiger partial charge in [-0.1, -0.05) is 12.1 Å². The summed E-state index contributed by atoms with van der Waals surface area (Å²) in [6.07, 6.45) is 1.52. The molecule has 0 aliphatic heterocycles. The molecule has 0 saturated heterocycles. The first-order chi connectivity index (χ1) is 10.1. The Balaban J connectivity index is 2.10. The number of ether oxygens (including phenoxy) is 1. The highest BCUT2D eigenvalue weighted by Crippen LogP contribution is 2.20. The van der Waals surface area contributed by atoms with Crippen LogP contribution in [0.4, 0.5) is 0 Å². The number of hydrogen-bond acceptors (Lipinski definition) is 4. The molecule has 0 unspecified atom stereocenters. The maximum absolute atomic E-state index is 11.8. The van der Waals surface area contributed by atoms with E-state index in [1.807, 2.05) is 31.3 Å². The number of benzene rings is 1. The first-order valence-electron chi connectivity index (χ1n) is 6.69. The second-order valence-corrected chi connectivity index (χ2v) is 4.86. The van der Waals surface area contributed by atoms with E-state index in [1.165, 1.54) is 11.1 Å². The summed E-state index contributed by atoms with van der Waals surface area (Å²) < 4.78 is 5.70. The van der Waals surface area contributed by atoms with Gasteiger partial charge in [0.05, 0.1) is 5.56 Å². The fourth-order valence-electron chi connectivity index (χ4n) is 1.87. The molecule has 0 saturated carbocycles. The quantitative estimate of drug-likeness (QED) is 0.916. The molecule has 0 radical (unpaired) electrons. The Hall–Kier alpha value is -2.40. The lowest BCUT2D eigenvalue weighted by molar-refractivity contribution is 0.0827. The average molecular weight is 285 g/mol. The Morgan fingerprint density at radius 1 is 1.29 bits per heavy atom. The van der Waals surface area contributed by atoms with Gasteiger partial charge in [-0.2, -0.15) is 0 Å². The third kappa shape index (κ3) is 4.03. The predicted molar refractivity (Wildman–Crippen MR) is 81.5 cm³/mol. The van der Waals surface area contributed by atoms with E-state index in [1.54, 1.807) is 26.2 Å². The van der Waals surface area contributed by atoms with E-state index in [4.69, 9.17) is 4.74 Å². The lowest BCUT2D eigenvalue weighted by atomic mass is 10.2. The Kier molecular flexibility index (Phi) is 4.90. The second kappa shape index (κ2) is 6.85. The molecule has 1 heterocycles. The topological polar surface area (TPSA) is 54.5 Å². The van der Waals surface area contributed by atoms with Crippen LogP contribution < -0.4 is 10.1 Å². The molecule has 2 rings (SSSR count). The third-order valence-electron chi connectivity index (χ3n) is 2.89. The smallest absolute Gasteiger partial charge is 0.254 e. The molecule has 0 aliphatic carbocycles. The van der Waals surface area contributed by atoms with Crippen LogP contribution in [0.2, 0.25) is 0 Å². The van der Waals surface area contributed by atoms with Crippen LogP contribution in [0.5, 0.6) is 11.6 Å². The molecule has 1 N–H and O–H groups in total. The number of pyridine rings is 1. The van der Waals surface area contributed by atoms with Crippen molar-refractivity contribution < 1.29 is 9.53 Å². The minimum Gasteiger partial charge on any atom is -0.439 e. The van der Waals surface area contributed by atoms with Crippen molar-refractivity contribution in [3.8, 4) is 11.6 Å². The number of carbonyl (C=O) groups excluding carboxylic acids is 1. The van der Waals surface area contributed by atoms with E-state index in [2.05, 4.69) is 10.3 Å². The minimum absolute atomic E-state index is 0.0786. The van der Waals surface area contributed by atoms with Gasteiger partial charge < -0.3 is 15.0 Å². The van der Waals surface area contributed by atoms with Crippen molar-refractivity contribution in [2.45, 2.75) is 6.54 Å². The van der Waals surface area contributed by atoms with Crippen molar-refractivity contribution in [3.05, 3.63) is 53.7 Å². The summed E-state index contributed by atoms with van der Waals surface area (Å²) in [6, 6.07) is 11.2. The number of carbonyl (C=O) groups is 1. The lowest BCUT2D eigenvalue weighted by Crippen LogP contribution is -2.21. The van der Waals surface area contributed by atoms with Gasteiger partial charge in [-0.25, -0.2) is 4.98 Å². The van der Waals surface area contributed by atoms with Crippen molar-refractivity contribution in [1.29, 1.82) is 0 Å². The molecule has 1 aromatic heterocycles. The largest absolute Gasteiger partial charge is 0.439 e. The molecule has 2 aromatic rings. The summed E-state index contributed by atoms with van der Waals surface area (Å²) in [5, 5.41) is 3.09. The van der Waals surface area contributed by atoms with Gasteiger partial charge in [-0.05, 0) is 30.8 Å². The van der Waals surface area contributed by atoms with Gasteiger partial charge >= 0.3 is 0 Å². The van der Waals surface area contributed by atoms with Gasteiger partial charge in [0, 0.05) is 32.9 Å². The molecule has 1 aromatic carbocycles. The summed E-state index contributed by atoms with van der Waals surface area (Å²) in [5.41, 5.74) is 1.67. The summed E-state index contributed by atoms with van der Waals surface area (Å²) in [5.74, 6) is 1.11. The van der Waals surface area contributed by atoms with Crippen molar-refractivity contribution in [1.82, 2.24) is 15.2 Å². The molecule has 5 heteroatoms. The van der Waals surface area contributed by atoms with Gasteiger partial charge in [0.25, 0.3) is 5.91 Å². The summed E-state index contributed by atoms with van der Waals surface area (Å²) >= 11 is 0. The zero-order chi connectivity index (χ0) is 15.2. The van der Waals surface area contributed by atoms with Crippen LogP contribution in [0.25, 0.3) is 0 Å². The van der Waals surface area contributed by atoms with Crippen LogP contribution in [0.3, 0.4) is 0 Å². The van der Waals surface area contributed by atoms with Crippen molar-refractivity contribution in [2.75, 3.05) is 21.1 Å². The second-order valence-electron chi connectivity index (χ2n) is 4.86. The van der Waals surface area contributed by atoms with Crippen LogP contribution >= 0.6 is 0 Å². The highest BCUT2D eigenvalue weighted by Gasteiger charge is 2.08. The number of nitrogens with zero attached hydrogens (tertiary/aromatic N) is 2. The van der Waals surface area contributed by atoms with Gasteiger partial charge in [0.15, 0.2) is 0 Å². The fourth-order valence-corrected chi connectivity index (χ4v) is 1.87. The van der Waals surface area contributed by atoms with E-state index >= 15 is 0 Å². The molecular weight excluding hydrogens is 266 g/mol. The van der Waals surface area contributed by atoms with E-state index in [0.29, 0.717) is 11.4 Å². The number of hydrogen-bond donors (Lipinski definition) is 1. The SMILES string of the molecule is CNCc1cccc(Oc2ccc(C(=O)N(C)C)cn2)c1. The Morgan fingerprint density at radius 2 is 2.10 bits per heavy atom. The Bertz CT molecular complexity index is 609. The number of rotatable bonds is 5. The van der Waals surface area contributed by atoms with Gasteiger partial charge in [0.1, 0.15) is 5.75 Å². The first kappa shape index (κ1) is 15.0. The number of amides is 1. The van der Waals surface area contributed by atoms with Gasteiger partial charge in [-0.15, -0.1) is 0 Å². The monoisotopic (exact) mass is 285 g/mol. The highest BCUT2D eigenvalue weighted by atomic mass is 16.5. The van der Waals surface area contributed by atoms with Crippen LogP contribution in [0.15, 0.2) is 42.6 Å². The molecular formula is C16H19N3O2. The number of nitrogens with one attached hydrogen (secondary N) is 1. The molecule has 0 spiro atoms. The van der Waals surface area contributed by atoms with E-state index in [-0.39, 0.29) is 5.91 Å². The van der Waals surface area contributed by atoms with Crippen molar-refractivity contribution in [2.24, 2.45) is 0 Å². The third-order valence-corrected chi connectivity index (χ3v) is 2.89. The van der Waals surface area contributed by atoms with Crippen LogP contribution in [0, 0.1) is 0 Å². The van der Waals surface area contributed by atoms with Crippen molar-refractivity contribution >= 4 is 5.91 Å². The summed E-state index contributed by atoms with van der Waals surface area (Å²) in [6.45, 7) is 0.779. The molecule has 0 bridgehead atoms. The normalized spacial score (nSPS) is 10.2. The van der Waals surface area contributed by atoms with Crippen LogP contribution in [0.1, 0.15) is 15.9 Å². The molecule has 0 aliphatic rings. The lowest BCUT2D eigenvalue weighted by Gasteiger charge is -2.10. The maximum Gasteiger partial charge on any atom is 0.254 e. The molecule has 21 heavy (non-hydrogen) atoms. The first-order valence-corrected chi connectivity index (χ1v) is 6.69. The van der Waals surface area contributed by atoms with E-state index < -0.39 is 0 Å². The Labute approximate surface area is 124 Å². The molecule has 0 fully saturated rings. The van der Waals surface area contributed by atoms with E-state index in [0.717, 1.165) is 17.9 Å². The molecule has 5 nitrogen and oxygen atoms in total. The molecule has 0 atom stereocenters. The Morgan fingerprint density at radius 3 is 2.71 bits per heavy atom. The molecule has 1 amide bonds. The standard InChI is InChI=1S/C16H19N3O2/c1-17-10-12-5-4-6-14(9-12)21-15-8-7-13(11-18-15)16(20)19(2)3/h4-9,11,17H,10H2,1-3H3. The van der Waals surface area contributed by atoms with Gasteiger partial charge in [0.2, 0.25) is 5.88 Å². The van der Waals surface area contributed by atoms with Crippen LogP contribution in [-0.4, -0.2) is 36.9 Å². The number of aromatic nitrogens is 1. The summed E-state index contributed by atoms with van der Waals surface area (Å²) in [7, 11) is 5.32. The maximum atomic E-state index is 11.8. The van der Waals surface area contributed by atoms with Gasteiger partial charge in [-0.3, -0.25) is 4.79 Å².